The van der Waals surface area contributed by atoms with E-state index in [4.69, 9.17) is 13.9 Å². The quantitative estimate of drug-likeness (QED) is 0.211. The molecule has 4 nitrogen and oxygen atoms in total. The highest BCUT2D eigenvalue weighted by molar-refractivity contribution is 6.99. The second-order valence-electron chi connectivity index (χ2n) is 8.80. The summed E-state index contributed by atoms with van der Waals surface area (Å²) < 4.78 is 17.8. The van der Waals surface area contributed by atoms with Gasteiger partial charge < -0.3 is 13.9 Å². The predicted molar refractivity (Wildman–Crippen MR) is 129 cm³/mol. The Hall–Kier alpha value is -2.05. The summed E-state index contributed by atoms with van der Waals surface area (Å²) in [5.74, 6) is 0. The second kappa shape index (κ2) is 12.1. The Morgan fingerprint density at radius 2 is 1.48 bits per heavy atom. The van der Waals surface area contributed by atoms with Crippen molar-refractivity contribution >= 4 is 25.0 Å². The molecule has 2 rings (SSSR count). The Labute approximate surface area is 188 Å². The summed E-state index contributed by atoms with van der Waals surface area (Å²) >= 11 is 0. The van der Waals surface area contributed by atoms with E-state index < -0.39 is 8.32 Å². The maximum Gasteiger partial charge on any atom is 0.261 e. The fourth-order valence-corrected chi connectivity index (χ4v) is 8.75. The Morgan fingerprint density at radius 1 is 0.935 bits per heavy atom. The molecule has 0 aromatic heterocycles. The molecule has 2 aromatic carbocycles. The highest BCUT2D eigenvalue weighted by Crippen LogP contribution is 2.37. The van der Waals surface area contributed by atoms with Crippen molar-refractivity contribution in [3.8, 4) is 0 Å². The zero-order chi connectivity index (χ0) is 22.7. The average Bonchev–Trinajstić information content (AvgIpc) is 2.77. The third kappa shape index (κ3) is 6.71. The molecule has 5 heteroatoms. The van der Waals surface area contributed by atoms with Crippen molar-refractivity contribution in [3.05, 3.63) is 72.8 Å². The molecule has 0 unspecified atom stereocenters. The highest BCUT2D eigenvalue weighted by Gasteiger charge is 2.50. The lowest BCUT2D eigenvalue weighted by Crippen LogP contribution is -2.67. The number of rotatable bonds is 12. The molecule has 0 N–H and O–H groups in total. The van der Waals surface area contributed by atoms with Crippen molar-refractivity contribution in [3.63, 3.8) is 0 Å². The van der Waals surface area contributed by atoms with E-state index in [9.17, 15) is 4.79 Å². The zero-order valence-corrected chi connectivity index (χ0v) is 20.4. The summed E-state index contributed by atoms with van der Waals surface area (Å²) in [6.07, 6.45) is 5.41. The highest BCUT2D eigenvalue weighted by atomic mass is 28.4. The van der Waals surface area contributed by atoms with Gasteiger partial charge in [0.25, 0.3) is 8.32 Å². The standard InChI is InChI=1S/C26H36O4Si/c1-22(18-19-23(13-12-20-27)29-21-28-5)30-31(26(2,3)4,24-14-8-6-9-15-24)25-16-10-7-11-17-25/h6-17,20,22-23H,18-19,21H2,1-5H3/b13-12+/t22-,23-/m1/s1. The molecule has 168 valence electrons. The van der Waals surface area contributed by atoms with E-state index in [0.29, 0.717) is 0 Å². The van der Waals surface area contributed by atoms with Crippen molar-refractivity contribution < 1.29 is 18.7 Å². The zero-order valence-electron chi connectivity index (χ0n) is 19.4. The van der Waals surface area contributed by atoms with Crippen LogP contribution in [0.4, 0.5) is 0 Å². The molecule has 0 saturated heterocycles. The fraction of sp³-hybridized carbons (Fsp3) is 0.423. The van der Waals surface area contributed by atoms with Crippen LogP contribution in [-0.4, -0.2) is 40.7 Å². The van der Waals surface area contributed by atoms with Gasteiger partial charge in [0.05, 0.1) is 6.10 Å². The van der Waals surface area contributed by atoms with E-state index in [1.54, 1.807) is 13.2 Å². The normalized spacial score (nSPS) is 14.5. The second-order valence-corrected chi connectivity index (χ2v) is 13.1. The summed E-state index contributed by atoms with van der Waals surface area (Å²) in [4.78, 5) is 10.7. The molecule has 0 bridgehead atoms. The van der Waals surface area contributed by atoms with E-state index >= 15 is 0 Å². The number of benzene rings is 2. The van der Waals surface area contributed by atoms with Gasteiger partial charge in [-0.15, -0.1) is 0 Å². The number of allylic oxidation sites excluding steroid dienone is 1. The van der Waals surface area contributed by atoms with Gasteiger partial charge in [-0.25, -0.2) is 0 Å². The maximum absolute atomic E-state index is 10.7. The Kier molecular flexibility index (Phi) is 9.84. The molecule has 0 aliphatic rings. The summed E-state index contributed by atoms with van der Waals surface area (Å²) in [5, 5.41) is 2.48. The minimum absolute atomic E-state index is 0.0181. The lowest BCUT2D eigenvalue weighted by Gasteiger charge is -2.44. The third-order valence-electron chi connectivity index (χ3n) is 5.46. The van der Waals surface area contributed by atoms with Crippen LogP contribution in [0.2, 0.25) is 5.04 Å². The molecule has 31 heavy (non-hydrogen) atoms. The molecule has 0 radical (unpaired) electrons. The van der Waals surface area contributed by atoms with Crippen molar-refractivity contribution in [1.29, 1.82) is 0 Å². The number of ether oxygens (including phenoxy) is 2. The molecular weight excluding hydrogens is 404 g/mol. The average molecular weight is 441 g/mol. The van der Waals surface area contributed by atoms with E-state index in [1.165, 1.54) is 16.4 Å². The van der Waals surface area contributed by atoms with E-state index in [0.717, 1.165) is 19.1 Å². The smallest absolute Gasteiger partial charge is 0.261 e. The number of aldehydes is 1. The summed E-state index contributed by atoms with van der Waals surface area (Å²) in [6, 6.07) is 21.3. The number of carbonyl (C=O) groups excluding carboxylic acids is 1. The van der Waals surface area contributed by atoms with Crippen molar-refractivity contribution in [1.82, 2.24) is 0 Å². The fourth-order valence-electron chi connectivity index (χ4n) is 4.01. The van der Waals surface area contributed by atoms with Crippen molar-refractivity contribution in [2.24, 2.45) is 0 Å². The van der Waals surface area contributed by atoms with Gasteiger partial charge in [-0.3, -0.25) is 4.79 Å². The molecule has 0 aliphatic heterocycles. The van der Waals surface area contributed by atoms with Crippen LogP contribution in [0, 0.1) is 0 Å². The van der Waals surface area contributed by atoms with E-state index in [-0.39, 0.29) is 24.0 Å². The van der Waals surface area contributed by atoms with Gasteiger partial charge in [-0.1, -0.05) is 87.5 Å². The summed E-state index contributed by atoms with van der Waals surface area (Å²) in [6.45, 7) is 9.17. The molecule has 0 amide bonds. The van der Waals surface area contributed by atoms with E-state index in [2.05, 4.69) is 88.4 Å². The first-order chi connectivity index (χ1) is 14.8. The predicted octanol–water partition coefficient (Wildman–Crippen LogP) is 4.48. The molecule has 0 spiro atoms. The maximum atomic E-state index is 10.7. The summed E-state index contributed by atoms with van der Waals surface area (Å²) in [7, 11) is -0.982. The molecule has 0 saturated carbocycles. The van der Waals surface area contributed by atoms with Gasteiger partial charge >= 0.3 is 0 Å². The largest absolute Gasteiger partial charge is 0.405 e. The molecule has 2 aromatic rings. The van der Waals surface area contributed by atoms with Crippen LogP contribution >= 0.6 is 0 Å². The molecular formula is C26H36O4Si. The first-order valence-electron chi connectivity index (χ1n) is 10.9. The van der Waals surface area contributed by atoms with Gasteiger partial charge in [-0.05, 0) is 41.3 Å². The SMILES string of the molecule is COCO[C@H](/C=C/C=O)CC[C@@H](C)O[Si](c1ccccc1)(c1ccccc1)C(C)(C)C. The Morgan fingerprint density at radius 3 is 1.94 bits per heavy atom. The minimum atomic E-state index is -2.57. The lowest BCUT2D eigenvalue weighted by atomic mass is 10.1. The Balaban J connectivity index is 2.33. The number of carbonyl (C=O) groups is 1. The van der Waals surface area contributed by atoms with Crippen molar-refractivity contribution in [2.75, 3.05) is 13.9 Å². The molecule has 0 aliphatic carbocycles. The number of hydrogen-bond acceptors (Lipinski definition) is 4. The minimum Gasteiger partial charge on any atom is -0.405 e. The van der Waals surface area contributed by atoms with Gasteiger partial charge in [0, 0.05) is 13.2 Å². The monoisotopic (exact) mass is 440 g/mol. The lowest BCUT2D eigenvalue weighted by molar-refractivity contribution is -0.104. The van der Waals surface area contributed by atoms with Crippen LogP contribution in [0.15, 0.2) is 72.8 Å². The topological polar surface area (TPSA) is 44.8 Å². The van der Waals surface area contributed by atoms with Crippen LogP contribution in [0.3, 0.4) is 0 Å². The molecule has 2 atom stereocenters. The molecule has 0 fully saturated rings. The van der Waals surface area contributed by atoms with Crippen molar-refractivity contribution in [2.45, 2.75) is 57.8 Å². The van der Waals surface area contributed by atoms with Crippen LogP contribution in [0.5, 0.6) is 0 Å². The molecule has 0 heterocycles. The van der Waals surface area contributed by atoms with Crippen LogP contribution in [0.1, 0.15) is 40.5 Å². The van der Waals surface area contributed by atoms with E-state index in [1.807, 2.05) is 0 Å². The van der Waals surface area contributed by atoms with Crippen LogP contribution in [0.25, 0.3) is 0 Å². The first kappa shape index (κ1) is 25.2. The van der Waals surface area contributed by atoms with Crippen LogP contribution < -0.4 is 10.4 Å². The third-order valence-corrected chi connectivity index (χ3v) is 10.6. The number of methoxy groups -OCH3 is 1. The van der Waals surface area contributed by atoms with Gasteiger partial charge in [-0.2, -0.15) is 0 Å². The van der Waals surface area contributed by atoms with Gasteiger partial charge in [0.15, 0.2) is 0 Å². The Bertz CT molecular complexity index is 760. The van der Waals surface area contributed by atoms with Gasteiger partial charge in [0.2, 0.25) is 0 Å². The van der Waals surface area contributed by atoms with Crippen LogP contribution in [-0.2, 0) is 18.7 Å². The summed E-state index contributed by atoms with van der Waals surface area (Å²) in [5.41, 5.74) is 0. The number of hydrogen-bond donors (Lipinski definition) is 0. The van der Waals surface area contributed by atoms with Gasteiger partial charge in [0.1, 0.15) is 13.1 Å². The first-order valence-corrected chi connectivity index (χ1v) is 12.8.